The Hall–Kier alpha value is -0.860. The first-order valence-electron chi connectivity index (χ1n) is 7.30. The molecule has 0 spiro atoms. The van der Waals surface area contributed by atoms with Gasteiger partial charge in [-0.25, -0.2) is 0 Å². The molecular weight excluding hydrogens is 220 g/mol. The minimum absolute atomic E-state index is 0.117. The average Bonchev–Trinajstić information content (AvgIpc) is 2.96. The summed E-state index contributed by atoms with van der Waals surface area (Å²) >= 11 is 0. The topological polar surface area (TPSA) is 29.3 Å². The van der Waals surface area contributed by atoms with Gasteiger partial charge in [0.2, 0.25) is 0 Å². The standard InChI is InChI=1S/C16H26N2/c1-3-16(4-2,18-12-8-9-13-18)15(17)14-10-6-5-7-11-14/h5-7,10-11,15H,3-4,8-9,12-13,17H2,1-2H3/t15-/m1/s1. The van der Waals surface area contributed by atoms with E-state index in [-0.39, 0.29) is 11.6 Å². The van der Waals surface area contributed by atoms with Gasteiger partial charge in [0.15, 0.2) is 0 Å². The van der Waals surface area contributed by atoms with Crippen LogP contribution in [-0.2, 0) is 0 Å². The Morgan fingerprint density at radius 2 is 1.67 bits per heavy atom. The molecule has 0 aliphatic carbocycles. The highest BCUT2D eigenvalue weighted by atomic mass is 15.2. The van der Waals surface area contributed by atoms with Crippen molar-refractivity contribution in [1.29, 1.82) is 0 Å². The van der Waals surface area contributed by atoms with Crippen LogP contribution in [0.4, 0.5) is 0 Å². The smallest absolute Gasteiger partial charge is 0.0481 e. The summed E-state index contributed by atoms with van der Waals surface area (Å²) in [6.07, 6.45) is 4.89. The van der Waals surface area contributed by atoms with E-state index in [9.17, 15) is 0 Å². The first kappa shape index (κ1) is 13.6. The summed E-state index contributed by atoms with van der Waals surface area (Å²) in [7, 11) is 0. The van der Waals surface area contributed by atoms with Gasteiger partial charge in [-0.3, -0.25) is 4.90 Å². The molecule has 1 atom stereocenters. The number of rotatable bonds is 5. The summed E-state index contributed by atoms with van der Waals surface area (Å²) in [6, 6.07) is 10.7. The number of nitrogens with two attached hydrogens (primary N) is 1. The van der Waals surface area contributed by atoms with Gasteiger partial charge in [-0.1, -0.05) is 44.2 Å². The van der Waals surface area contributed by atoms with Crippen LogP contribution in [0, 0.1) is 0 Å². The van der Waals surface area contributed by atoms with Crippen molar-refractivity contribution in [1.82, 2.24) is 4.90 Å². The molecule has 1 fully saturated rings. The van der Waals surface area contributed by atoms with Gasteiger partial charge in [0.05, 0.1) is 0 Å². The molecule has 2 heteroatoms. The Morgan fingerprint density at radius 1 is 1.11 bits per heavy atom. The lowest BCUT2D eigenvalue weighted by atomic mass is 9.80. The highest BCUT2D eigenvalue weighted by Gasteiger charge is 2.40. The van der Waals surface area contributed by atoms with Crippen molar-refractivity contribution in [2.75, 3.05) is 13.1 Å². The number of benzene rings is 1. The molecule has 1 aromatic carbocycles. The summed E-state index contributed by atoms with van der Waals surface area (Å²) < 4.78 is 0. The van der Waals surface area contributed by atoms with Crippen molar-refractivity contribution in [2.24, 2.45) is 5.73 Å². The van der Waals surface area contributed by atoms with Crippen LogP contribution in [0.15, 0.2) is 30.3 Å². The van der Waals surface area contributed by atoms with Gasteiger partial charge < -0.3 is 5.73 Å². The quantitative estimate of drug-likeness (QED) is 0.863. The third kappa shape index (κ3) is 2.32. The molecule has 0 radical (unpaired) electrons. The maximum Gasteiger partial charge on any atom is 0.0481 e. The molecular formula is C16H26N2. The first-order valence-corrected chi connectivity index (χ1v) is 7.30. The van der Waals surface area contributed by atoms with Crippen LogP contribution >= 0.6 is 0 Å². The molecule has 0 bridgehead atoms. The lowest BCUT2D eigenvalue weighted by molar-refractivity contribution is 0.0767. The van der Waals surface area contributed by atoms with Crippen molar-refractivity contribution < 1.29 is 0 Å². The zero-order valence-corrected chi connectivity index (χ0v) is 11.7. The fourth-order valence-electron chi connectivity index (χ4n) is 3.47. The highest BCUT2D eigenvalue weighted by molar-refractivity contribution is 5.23. The van der Waals surface area contributed by atoms with Crippen LogP contribution in [0.1, 0.15) is 51.1 Å². The normalized spacial score (nSPS) is 19.1. The molecule has 1 aliphatic heterocycles. The summed E-state index contributed by atoms with van der Waals surface area (Å²) in [4.78, 5) is 2.63. The predicted octanol–water partition coefficient (Wildman–Crippen LogP) is 3.34. The second kappa shape index (κ2) is 5.85. The van der Waals surface area contributed by atoms with Crippen LogP contribution in [-0.4, -0.2) is 23.5 Å². The Bertz CT molecular complexity index is 351. The molecule has 2 N–H and O–H groups in total. The lowest BCUT2D eigenvalue weighted by Crippen LogP contribution is -2.53. The lowest BCUT2D eigenvalue weighted by Gasteiger charge is -2.45. The summed E-state index contributed by atoms with van der Waals surface area (Å²) in [5.41, 5.74) is 8.04. The predicted molar refractivity (Wildman–Crippen MR) is 77.5 cm³/mol. The molecule has 2 nitrogen and oxygen atoms in total. The SMILES string of the molecule is CCC(CC)([C@H](N)c1ccccc1)N1CCCC1. The van der Waals surface area contributed by atoms with Crippen LogP contribution in [0.25, 0.3) is 0 Å². The number of hydrogen-bond acceptors (Lipinski definition) is 2. The van der Waals surface area contributed by atoms with Gasteiger partial charge >= 0.3 is 0 Å². The molecule has 0 amide bonds. The van der Waals surface area contributed by atoms with Crippen molar-refractivity contribution in [3.63, 3.8) is 0 Å². The maximum atomic E-state index is 6.63. The van der Waals surface area contributed by atoms with Crippen LogP contribution in [0.5, 0.6) is 0 Å². The summed E-state index contributed by atoms with van der Waals surface area (Å²) in [6.45, 7) is 6.99. The molecule has 1 aromatic rings. The fraction of sp³-hybridized carbons (Fsp3) is 0.625. The van der Waals surface area contributed by atoms with Gasteiger partial charge in [0.25, 0.3) is 0 Å². The van der Waals surface area contributed by atoms with Gasteiger partial charge in [-0.2, -0.15) is 0 Å². The molecule has 0 unspecified atom stereocenters. The van der Waals surface area contributed by atoms with E-state index in [4.69, 9.17) is 5.73 Å². The zero-order chi connectivity index (χ0) is 13.0. The van der Waals surface area contributed by atoms with Crippen molar-refractivity contribution in [2.45, 2.75) is 51.1 Å². The molecule has 0 aromatic heterocycles. The van der Waals surface area contributed by atoms with Crippen LogP contribution < -0.4 is 5.73 Å². The molecule has 1 aliphatic rings. The number of nitrogens with zero attached hydrogens (tertiary/aromatic N) is 1. The Kier molecular flexibility index (Phi) is 4.41. The van der Waals surface area contributed by atoms with Crippen molar-refractivity contribution >= 4 is 0 Å². The van der Waals surface area contributed by atoms with E-state index in [0.29, 0.717) is 0 Å². The number of likely N-dealkylation sites (tertiary alicyclic amines) is 1. The van der Waals surface area contributed by atoms with Crippen molar-refractivity contribution in [3.8, 4) is 0 Å². The largest absolute Gasteiger partial charge is 0.322 e. The molecule has 18 heavy (non-hydrogen) atoms. The minimum Gasteiger partial charge on any atom is -0.322 e. The molecule has 1 saturated heterocycles. The molecule has 1 heterocycles. The highest BCUT2D eigenvalue weighted by Crippen LogP contribution is 2.37. The van der Waals surface area contributed by atoms with Crippen LogP contribution in [0.3, 0.4) is 0 Å². The monoisotopic (exact) mass is 246 g/mol. The maximum absolute atomic E-state index is 6.63. The van der Waals surface area contributed by atoms with Gasteiger partial charge in [0.1, 0.15) is 0 Å². The third-order valence-corrected chi connectivity index (χ3v) is 4.70. The zero-order valence-electron chi connectivity index (χ0n) is 11.7. The second-order valence-corrected chi connectivity index (χ2v) is 5.39. The third-order valence-electron chi connectivity index (χ3n) is 4.70. The molecule has 2 rings (SSSR count). The van der Waals surface area contributed by atoms with E-state index in [1.54, 1.807) is 0 Å². The summed E-state index contributed by atoms with van der Waals surface area (Å²) in [5, 5.41) is 0. The van der Waals surface area contributed by atoms with Gasteiger partial charge in [0, 0.05) is 11.6 Å². The second-order valence-electron chi connectivity index (χ2n) is 5.39. The average molecular weight is 246 g/mol. The van der Waals surface area contributed by atoms with E-state index in [2.05, 4.69) is 49.1 Å². The fourth-order valence-corrected chi connectivity index (χ4v) is 3.47. The first-order chi connectivity index (χ1) is 8.74. The molecule has 100 valence electrons. The minimum atomic E-state index is 0.117. The van der Waals surface area contributed by atoms with Crippen molar-refractivity contribution in [3.05, 3.63) is 35.9 Å². The Balaban J connectivity index is 2.28. The summed E-state index contributed by atoms with van der Waals surface area (Å²) in [5.74, 6) is 0. The van der Waals surface area contributed by atoms with E-state index in [1.165, 1.54) is 31.5 Å². The number of hydrogen-bond donors (Lipinski definition) is 1. The van der Waals surface area contributed by atoms with E-state index in [1.807, 2.05) is 0 Å². The van der Waals surface area contributed by atoms with Gasteiger partial charge in [-0.15, -0.1) is 0 Å². The van der Waals surface area contributed by atoms with Gasteiger partial charge in [-0.05, 0) is 44.3 Å². The van der Waals surface area contributed by atoms with E-state index in [0.717, 1.165) is 12.8 Å². The molecule has 0 saturated carbocycles. The Morgan fingerprint density at radius 3 is 2.17 bits per heavy atom. The Labute approximate surface area is 111 Å². The van der Waals surface area contributed by atoms with E-state index < -0.39 is 0 Å². The van der Waals surface area contributed by atoms with Crippen LogP contribution in [0.2, 0.25) is 0 Å². The van der Waals surface area contributed by atoms with E-state index >= 15 is 0 Å².